The van der Waals surface area contributed by atoms with Crippen LogP contribution in [-0.2, 0) is 14.4 Å². The van der Waals surface area contributed by atoms with E-state index in [1.807, 2.05) is 0 Å². The minimum absolute atomic E-state index is 0.159. The lowest BCUT2D eigenvalue weighted by molar-refractivity contribution is -0.122. The molecule has 1 saturated carbocycles. The maximum Gasteiger partial charge on any atom is 0.228 e. The van der Waals surface area contributed by atoms with Crippen molar-refractivity contribution in [2.24, 2.45) is 11.8 Å². The fourth-order valence-electron chi connectivity index (χ4n) is 2.65. The summed E-state index contributed by atoms with van der Waals surface area (Å²) in [6, 6.07) is 13.7. The summed E-state index contributed by atoms with van der Waals surface area (Å²) in [7, 11) is 0. The average Bonchev–Trinajstić information content (AvgIpc) is 3.37. The Morgan fingerprint density at radius 2 is 1.38 bits per heavy atom. The van der Waals surface area contributed by atoms with Crippen LogP contribution in [0.2, 0.25) is 5.02 Å². The van der Waals surface area contributed by atoms with E-state index >= 15 is 0 Å². The van der Waals surface area contributed by atoms with Crippen molar-refractivity contribution >= 4 is 46.4 Å². The second kappa shape index (κ2) is 7.58. The van der Waals surface area contributed by atoms with Crippen LogP contribution in [0.15, 0.2) is 48.5 Å². The van der Waals surface area contributed by atoms with Gasteiger partial charge in [-0.25, -0.2) is 0 Å². The molecule has 2 aromatic carbocycles. The molecular formula is C19H18ClN3O3. The summed E-state index contributed by atoms with van der Waals surface area (Å²) in [5.74, 6) is -1.22. The van der Waals surface area contributed by atoms with Gasteiger partial charge in [-0.05, 0) is 48.9 Å². The summed E-state index contributed by atoms with van der Waals surface area (Å²) in [6.07, 6.45) is 0.516. The molecule has 1 aliphatic rings. The first-order chi connectivity index (χ1) is 12.4. The van der Waals surface area contributed by atoms with Gasteiger partial charge in [-0.2, -0.15) is 0 Å². The summed E-state index contributed by atoms with van der Waals surface area (Å²) in [6.45, 7) is 1.43. The van der Waals surface area contributed by atoms with E-state index in [2.05, 4.69) is 16.0 Å². The van der Waals surface area contributed by atoms with Gasteiger partial charge in [-0.3, -0.25) is 14.4 Å². The second-order valence-electron chi connectivity index (χ2n) is 6.20. The van der Waals surface area contributed by atoms with Gasteiger partial charge in [0.25, 0.3) is 0 Å². The predicted octanol–water partition coefficient (Wildman–Crippen LogP) is 3.51. The Hall–Kier alpha value is -2.86. The van der Waals surface area contributed by atoms with Gasteiger partial charge < -0.3 is 16.0 Å². The Kier molecular flexibility index (Phi) is 5.23. The second-order valence-corrected chi connectivity index (χ2v) is 6.63. The van der Waals surface area contributed by atoms with Crippen LogP contribution < -0.4 is 16.0 Å². The fraction of sp³-hybridized carbons (Fsp3) is 0.211. The summed E-state index contributed by atoms with van der Waals surface area (Å²) in [5.41, 5.74) is 1.88. The summed E-state index contributed by atoms with van der Waals surface area (Å²) >= 11 is 5.89. The minimum Gasteiger partial charge on any atom is -0.326 e. The molecule has 3 rings (SSSR count). The lowest BCUT2D eigenvalue weighted by Crippen LogP contribution is -2.20. The smallest absolute Gasteiger partial charge is 0.228 e. The highest BCUT2D eigenvalue weighted by Gasteiger charge is 2.48. The SMILES string of the molecule is CC(=O)Nc1ccc(NC(=O)C2CC2C(=O)Nc2cccc(Cl)c2)cc1. The molecule has 3 N–H and O–H groups in total. The van der Waals surface area contributed by atoms with Gasteiger partial charge in [-0.1, -0.05) is 17.7 Å². The topological polar surface area (TPSA) is 87.3 Å². The van der Waals surface area contributed by atoms with E-state index < -0.39 is 0 Å². The lowest BCUT2D eigenvalue weighted by Gasteiger charge is -2.07. The third-order valence-electron chi connectivity index (χ3n) is 4.03. The third-order valence-corrected chi connectivity index (χ3v) is 4.26. The van der Waals surface area contributed by atoms with Crippen LogP contribution in [0.25, 0.3) is 0 Å². The zero-order valence-corrected chi connectivity index (χ0v) is 14.8. The Labute approximate surface area is 155 Å². The van der Waals surface area contributed by atoms with E-state index in [1.165, 1.54) is 6.92 Å². The number of hydrogen-bond donors (Lipinski definition) is 3. The molecule has 1 fully saturated rings. The van der Waals surface area contributed by atoms with Gasteiger partial charge in [0.05, 0.1) is 11.8 Å². The maximum atomic E-state index is 12.3. The van der Waals surface area contributed by atoms with Crippen molar-refractivity contribution in [1.29, 1.82) is 0 Å². The highest BCUT2D eigenvalue weighted by atomic mass is 35.5. The van der Waals surface area contributed by atoms with E-state index in [-0.39, 0.29) is 29.6 Å². The average molecular weight is 372 g/mol. The molecule has 2 aromatic rings. The Morgan fingerprint density at radius 3 is 1.92 bits per heavy atom. The van der Waals surface area contributed by atoms with Gasteiger partial charge in [0.2, 0.25) is 17.7 Å². The highest BCUT2D eigenvalue weighted by molar-refractivity contribution is 6.30. The maximum absolute atomic E-state index is 12.3. The van der Waals surface area contributed by atoms with Crippen molar-refractivity contribution in [3.05, 3.63) is 53.6 Å². The molecule has 1 aliphatic carbocycles. The first-order valence-corrected chi connectivity index (χ1v) is 8.55. The molecule has 3 amide bonds. The zero-order chi connectivity index (χ0) is 18.7. The first-order valence-electron chi connectivity index (χ1n) is 8.17. The Morgan fingerprint density at radius 1 is 0.846 bits per heavy atom. The van der Waals surface area contributed by atoms with Crippen LogP contribution in [0.1, 0.15) is 13.3 Å². The lowest BCUT2D eigenvalue weighted by atomic mass is 10.2. The molecule has 2 atom stereocenters. The monoisotopic (exact) mass is 371 g/mol. The van der Waals surface area contributed by atoms with Gasteiger partial charge in [0.15, 0.2) is 0 Å². The molecule has 6 nitrogen and oxygen atoms in total. The van der Waals surface area contributed by atoms with Crippen molar-refractivity contribution in [2.75, 3.05) is 16.0 Å². The van der Waals surface area contributed by atoms with E-state index in [0.29, 0.717) is 28.5 Å². The largest absolute Gasteiger partial charge is 0.326 e. The van der Waals surface area contributed by atoms with Crippen molar-refractivity contribution in [2.45, 2.75) is 13.3 Å². The quantitative estimate of drug-likeness (QED) is 0.751. The molecule has 0 heterocycles. The van der Waals surface area contributed by atoms with Gasteiger partial charge in [0, 0.05) is 29.0 Å². The number of nitrogens with one attached hydrogen (secondary N) is 3. The van der Waals surface area contributed by atoms with Crippen LogP contribution in [0.5, 0.6) is 0 Å². The molecule has 0 radical (unpaired) electrons. The van der Waals surface area contributed by atoms with Crippen molar-refractivity contribution < 1.29 is 14.4 Å². The van der Waals surface area contributed by atoms with Gasteiger partial charge in [0.1, 0.15) is 0 Å². The van der Waals surface area contributed by atoms with Crippen LogP contribution in [0.4, 0.5) is 17.1 Å². The van der Waals surface area contributed by atoms with Gasteiger partial charge >= 0.3 is 0 Å². The summed E-state index contributed by atoms with van der Waals surface area (Å²) < 4.78 is 0. The standard InChI is InChI=1S/C19H18ClN3O3/c1-11(24)21-13-5-7-14(8-6-13)22-18(25)16-10-17(16)19(26)23-15-4-2-3-12(20)9-15/h2-9,16-17H,10H2,1H3,(H,21,24)(H,22,25)(H,23,26). The fourth-order valence-corrected chi connectivity index (χ4v) is 2.84. The molecule has 26 heavy (non-hydrogen) atoms. The number of carbonyl (C=O) groups is 3. The van der Waals surface area contributed by atoms with Crippen molar-refractivity contribution in [3.8, 4) is 0 Å². The summed E-state index contributed by atoms with van der Waals surface area (Å²) in [4.78, 5) is 35.5. The molecule has 0 spiro atoms. The molecule has 0 aliphatic heterocycles. The zero-order valence-electron chi connectivity index (χ0n) is 14.1. The molecule has 0 saturated heterocycles. The number of halogens is 1. The van der Waals surface area contributed by atoms with E-state index in [9.17, 15) is 14.4 Å². The van der Waals surface area contributed by atoms with Crippen LogP contribution >= 0.6 is 11.6 Å². The van der Waals surface area contributed by atoms with Gasteiger partial charge in [-0.15, -0.1) is 0 Å². The number of carbonyl (C=O) groups excluding carboxylic acids is 3. The number of rotatable bonds is 5. The Bertz CT molecular complexity index is 851. The first kappa shape index (κ1) is 17.9. The molecule has 0 bridgehead atoms. The van der Waals surface area contributed by atoms with Crippen LogP contribution in [0, 0.1) is 11.8 Å². The van der Waals surface area contributed by atoms with E-state index in [1.54, 1.807) is 48.5 Å². The number of amides is 3. The number of benzene rings is 2. The normalized spacial score (nSPS) is 17.9. The van der Waals surface area contributed by atoms with Crippen LogP contribution in [0.3, 0.4) is 0 Å². The highest BCUT2D eigenvalue weighted by Crippen LogP contribution is 2.40. The molecule has 7 heteroatoms. The molecule has 0 aromatic heterocycles. The summed E-state index contributed by atoms with van der Waals surface area (Å²) in [5, 5.41) is 8.76. The van der Waals surface area contributed by atoms with E-state index in [4.69, 9.17) is 11.6 Å². The molecular weight excluding hydrogens is 354 g/mol. The predicted molar refractivity (Wildman–Crippen MR) is 101 cm³/mol. The number of anilines is 3. The van der Waals surface area contributed by atoms with Crippen LogP contribution in [-0.4, -0.2) is 17.7 Å². The van der Waals surface area contributed by atoms with E-state index in [0.717, 1.165) is 0 Å². The molecule has 134 valence electrons. The minimum atomic E-state index is -0.343. The Balaban J connectivity index is 1.52. The van der Waals surface area contributed by atoms with Crippen molar-refractivity contribution in [1.82, 2.24) is 0 Å². The molecule has 2 unspecified atom stereocenters. The van der Waals surface area contributed by atoms with Crippen molar-refractivity contribution in [3.63, 3.8) is 0 Å². The number of hydrogen-bond acceptors (Lipinski definition) is 3. The third kappa shape index (κ3) is 4.61.